The van der Waals surface area contributed by atoms with Crippen LogP contribution in [0.4, 0.5) is 5.69 Å². The van der Waals surface area contributed by atoms with E-state index in [1.807, 2.05) is 27.7 Å². The number of likely N-dealkylation sites (tertiary alicyclic amines) is 1. The van der Waals surface area contributed by atoms with Gasteiger partial charge in [-0.15, -0.1) is 0 Å². The number of rotatable bonds is 5. The minimum absolute atomic E-state index is 0.00154. The molecule has 1 saturated heterocycles. The van der Waals surface area contributed by atoms with Crippen molar-refractivity contribution >= 4 is 23.5 Å². The van der Waals surface area contributed by atoms with Crippen LogP contribution in [0.15, 0.2) is 24.3 Å². The lowest BCUT2D eigenvalue weighted by atomic mass is 10.1. The molecule has 0 saturated carbocycles. The quantitative estimate of drug-likeness (QED) is 0.832. The molecule has 6 heteroatoms. The number of esters is 1. The van der Waals surface area contributed by atoms with Crippen molar-refractivity contribution in [2.45, 2.75) is 46.1 Å². The second-order valence-electron chi connectivity index (χ2n) is 7.28. The lowest BCUT2D eigenvalue weighted by molar-refractivity contribution is -0.131. The summed E-state index contributed by atoms with van der Waals surface area (Å²) < 4.78 is 5.07. The van der Waals surface area contributed by atoms with Crippen molar-refractivity contribution in [3.63, 3.8) is 0 Å². The van der Waals surface area contributed by atoms with Crippen LogP contribution in [0.3, 0.4) is 0 Å². The second-order valence-corrected chi connectivity index (χ2v) is 7.28. The molecule has 1 atom stereocenters. The van der Waals surface area contributed by atoms with Crippen LogP contribution in [0.5, 0.6) is 0 Å². The van der Waals surface area contributed by atoms with Gasteiger partial charge in [0.25, 0.3) is 0 Å². The van der Waals surface area contributed by atoms with Crippen LogP contribution < -0.4 is 5.32 Å². The van der Waals surface area contributed by atoms with Crippen molar-refractivity contribution in [1.29, 1.82) is 0 Å². The van der Waals surface area contributed by atoms with Gasteiger partial charge >= 0.3 is 5.97 Å². The maximum absolute atomic E-state index is 12.4. The highest BCUT2D eigenvalue weighted by Gasteiger charge is 2.39. The SMILES string of the molecule is CCCOC(=O)c1ccc(NC(=O)[C@H]2CC(=O)N(C(C)(C)C)C2)cc1. The first-order valence-corrected chi connectivity index (χ1v) is 8.61. The first kappa shape index (κ1) is 19.0. The first-order valence-electron chi connectivity index (χ1n) is 8.61. The number of ether oxygens (including phenoxy) is 1. The van der Waals surface area contributed by atoms with Gasteiger partial charge in [-0.25, -0.2) is 4.79 Å². The van der Waals surface area contributed by atoms with Crippen molar-refractivity contribution in [1.82, 2.24) is 4.90 Å². The Morgan fingerprint density at radius 1 is 1.24 bits per heavy atom. The minimum Gasteiger partial charge on any atom is -0.462 e. The Morgan fingerprint density at radius 2 is 1.88 bits per heavy atom. The Kier molecular flexibility index (Phi) is 5.82. The Labute approximate surface area is 148 Å². The van der Waals surface area contributed by atoms with E-state index in [9.17, 15) is 14.4 Å². The van der Waals surface area contributed by atoms with Crippen molar-refractivity contribution in [2.75, 3.05) is 18.5 Å². The van der Waals surface area contributed by atoms with Crippen molar-refractivity contribution in [3.8, 4) is 0 Å². The van der Waals surface area contributed by atoms with Crippen molar-refractivity contribution < 1.29 is 19.1 Å². The third kappa shape index (κ3) is 4.81. The molecule has 0 aliphatic carbocycles. The van der Waals surface area contributed by atoms with Gasteiger partial charge in [-0.1, -0.05) is 6.92 Å². The average molecular weight is 346 g/mol. The van der Waals surface area contributed by atoms with Gasteiger partial charge in [0, 0.05) is 24.2 Å². The molecule has 2 rings (SSSR count). The van der Waals surface area contributed by atoms with Crippen molar-refractivity contribution in [2.24, 2.45) is 5.92 Å². The summed E-state index contributed by atoms with van der Waals surface area (Å²) in [4.78, 5) is 38.0. The summed E-state index contributed by atoms with van der Waals surface area (Å²) >= 11 is 0. The van der Waals surface area contributed by atoms with Crippen LogP contribution in [-0.2, 0) is 14.3 Å². The molecule has 1 aliphatic heterocycles. The zero-order valence-corrected chi connectivity index (χ0v) is 15.3. The van der Waals surface area contributed by atoms with Crippen LogP contribution in [0.25, 0.3) is 0 Å². The highest BCUT2D eigenvalue weighted by atomic mass is 16.5. The largest absolute Gasteiger partial charge is 0.462 e. The summed E-state index contributed by atoms with van der Waals surface area (Å²) in [5, 5.41) is 2.82. The molecule has 6 nitrogen and oxygen atoms in total. The summed E-state index contributed by atoms with van der Waals surface area (Å²) in [7, 11) is 0. The molecule has 1 aliphatic rings. The third-order valence-electron chi connectivity index (χ3n) is 4.13. The third-order valence-corrected chi connectivity index (χ3v) is 4.13. The van der Waals surface area contributed by atoms with E-state index in [4.69, 9.17) is 4.74 Å². The van der Waals surface area contributed by atoms with E-state index in [0.29, 0.717) is 24.4 Å². The fraction of sp³-hybridized carbons (Fsp3) is 0.526. The number of carbonyl (C=O) groups is 3. The lowest BCUT2D eigenvalue weighted by Gasteiger charge is -2.31. The number of hydrogen-bond donors (Lipinski definition) is 1. The van der Waals surface area contributed by atoms with Crippen LogP contribution in [0, 0.1) is 5.92 Å². The molecule has 2 amide bonds. The topological polar surface area (TPSA) is 75.7 Å². The van der Waals surface area contributed by atoms with Crippen LogP contribution in [0.2, 0.25) is 0 Å². The second kappa shape index (κ2) is 7.68. The first-order chi connectivity index (χ1) is 11.7. The summed E-state index contributed by atoms with van der Waals surface area (Å²) in [6, 6.07) is 6.57. The maximum Gasteiger partial charge on any atom is 0.338 e. The fourth-order valence-electron chi connectivity index (χ4n) is 2.74. The average Bonchev–Trinajstić information content (AvgIpc) is 2.95. The molecule has 1 fully saturated rings. The number of carbonyl (C=O) groups excluding carboxylic acids is 3. The van der Waals surface area contributed by atoms with Gasteiger partial charge in [0.2, 0.25) is 11.8 Å². The van der Waals surface area contributed by atoms with E-state index < -0.39 is 0 Å². The van der Waals surface area contributed by atoms with Gasteiger partial charge in [0.05, 0.1) is 18.1 Å². The predicted octanol–water partition coefficient (Wildman–Crippen LogP) is 2.84. The highest BCUT2D eigenvalue weighted by molar-refractivity contribution is 5.98. The van der Waals surface area contributed by atoms with Crippen LogP contribution in [-0.4, -0.2) is 41.4 Å². The molecule has 25 heavy (non-hydrogen) atoms. The smallest absolute Gasteiger partial charge is 0.338 e. The Hall–Kier alpha value is -2.37. The van der Waals surface area contributed by atoms with Gasteiger partial charge in [-0.05, 0) is 51.5 Å². The Bertz CT molecular complexity index is 646. The van der Waals surface area contributed by atoms with E-state index >= 15 is 0 Å². The van der Waals surface area contributed by atoms with Crippen molar-refractivity contribution in [3.05, 3.63) is 29.8 Å². The number of amides is 2. The summed E-state index contributed by atoms with van der Waals surface area (Å²) in [6.45, 7) is 8.62. The fourth-order valence-corrected chi connectivity index (χ4v) is 2.74. The van der Waals surface area contributed by atoms with E-state index in [2.05, 4.69) is 5.32 Å². The normalized spacial score (nSPS) is 17.5. The molecular formula is C19H26N2O4. The van der Waals surface area contributed by atoms with Gasteiger partial charge in [0.15, 0.2) is 0 Å². The molecule has 1 heterocycles. The number of benzene rings is 1. The Balaban J connectivity index is 1.95. The van der Waals surface area contributed by atoms with E-state index in [1.165, 1.54) is 0 Å². The highest BCUT2D eigenvalue weighted by Crippen LogP contribution is 2.26. The summed E-state index contributed by atoms with van der Waals surface area (Å²) in [5.41, 5.74) is 0.757. The maximum atomic E-state index is 12.4. The van der Waals surface area contributed by atoms with E-state index in [0.717, 1.165) is 6.42 Å². The lowest BCUT2D eigenvalue weighted by Crippen LogP contribution is -2.42. The van der Waals surface area contributed by atoms with E-state index in [1.54, 1.807) is 29.2 Å². The molecule has 0 bridgehead atoms. The zero-order valence-electron chi connectivity index (χ0n) is 15.3. The van der Waals surface area contributed by atoms with Gasteiger partial charge < -0.3 is 15.0 Å². The molecule has 136 valence electrons. The molecule has 1 N–H and O–H groups in total. The number of nitrogens with zero attached hydrogens (tertiary/aromatic N) is 1. The van der Waals surface area contributed by atoms with Crippen LogP contribution >= 0.6 is 0 Å². The molecular weight excluding hydrogens is 320 g/mol. The molecule has 0 spiro atoms. The molecule has 0 aromatic heterocycles. The van der Waals surface area contributed by atoms with Gasteiger partial charge in [-0.3, -0.25) is 9.59 Å². The molecule has 1 aromatic carbocycles. The standard InChI is InChI=1S/C19H26N2O4/c1-5-10-25-18(24)13-6-8-15(9-7-13)20-17(23)14-11-16(22)21(12-14)19(2,3)4/h6-9,14H,5,10-12H2,1-4H3,(H,20,23)/t14-/m0/s1. The van der Waals surface area contributed by atoms with Gasteiger partial charge in [0.1, 0.15) is 0 Å². The predicted molar refractivity (Wildman–Crippen MR) is 95.2 cm³/mol. The zero-order chi connectivity index (χ0) is 18.6. The number of nitrogens with one attached hydrogen (secondary N) is 1. The number of anilines is 1. The summed E-state index contributed by atoms with van der Waals surface area (Å²) in [5.74, 6) is -0.911. The number of hydrogen-bond acceptors (Lipinski definition) is 4. The van der Waals surface area contributed by atoms with Crippen LogP contribution in [0.1, 0.15) is 50.9 Å². The van der Waals surface area contributed by atoms with Gasteiger partial charge in [-0.2, -0.15) is 0 Å². The molecule has 0 radical (unpaired) electrons. The van der Waals surface area contributed by atoms with E-state index in [-0.39, 0.29) is 35.7 Å². The minimum atomic E-state index is -0.373. The monoisotopic (exact) mass is 346 g/mol. The molecule has 1 aromatic rings. The Morgan fingerprint density at radius 3 is 2.40 bits per heavy atom. The summed E-state index contributed by atoms with van der Waals surface area (Å²) in [6.07, 6.45) is 0.996. The molecule has 0 unspecified atom stereocenters.